The van der Waals surface area contributed by atoms with E-state index in [2.05, 4.69) is 19.2 Å². The molecule has 0 aliphatic rings. The van der Waals surface area contributed by atoms with Gasteiger partial charge in [0, 0.05) is 23.7 Å². The summed E-state index contributed by atoms with van der Waals surface area (Å²) in [5.74, 6) is 0.546. The summed E-state index contributed by atoms with van der Waals surface area (Å²) < 4.78 is 15.1. The second-order valence-corrected chi connectivity index (χ2v) is 6.99. The Hall–Kier alpha value is -3.59. The number of fused-ring (bicyclic) bond motifs is 1. The Bertz CT molecular complexity index is 1230. The lowest BCUT2D eigenvalue weighted by Crippen LogP contribution is -2.31. The molecule has 0 unspecified atom stereocenters. The van der Waals surface area contributed by atoms with Crippen LogP contribution in [0, 0.1) is 0 Å². The zero-order valence-electron chi connectivity index (χ0n) is 16.2. The van der Waals surface area contributed by atoms with Crippen molar-refractivity contribution in [3.63, 3.8) is 0 Å². The zero-order chi connectivity index (χ0) is 20.9. The molecule has 2 aromatic carbocycles. The number of carbonyl (C=O) groups is 1. The number of hydrogen-bond acceptors (Lipinski definition) is 7. The van der Waals surface area contributed by atoms with E-state index < -0.39 is 0 Å². The highest BCUT2D eigenvalue weighted by Gasteiger charge is 2.09. The summed E-state index contributed by atoms with van der Waals surface area (Å²) in [4.78, 5) is 24.5. The van der Waals surface area contributed by atoms with Crippen molar-refractivity contribution in [3.05, 3.63) is 70.5 Å². The first-order chi connectivity index (χ1) is 14.6. The first-order valence-corrected chi connectivity index (χ1v) is 10.2. The zero-order valence-corrected chi connectivity index (χ0v) is 17.1. The Labute approximate surface area is 176 Å². The number of nitrogens with zero attached hydrogens (tertiary/aromatic N) is 4. The minimum atomic E-state index is -0.236. The molecule has 0 aliphatic carbocycles. The first-order valence-electron chi connectivity index (χ1n) is 9.46. The molecule has 2 heterocycles. The van der Waals surface area contributed by atoms with Gasteiger partial charge in [0.05, 0.1) is 30.6 Å². The highest BCUT2D eigenvalue weighted by Crippen LogP contribution is 2.20. The number of nitrogens with one attached hydrogen (secondary N) is 1. The largest absolute Gasteiger partial charge is 0.494 e. The molecule has 0 saturated carbocycles. The maximum absolute atomic E-state index is 12.4. The Morgan fingerprint density at radius 2 is 1.87 bits per heavy atom. The fraction of sp³-hybridized carbons (Fsp3) is 0.190. The molecule has 0 aliphatic heterocycles. The van der Waals surface area contributed by atoms with E-state index >= 15 is 0 Å². The van der Waals surface area contributed by atoms with E-state index in [1.807, 2.05) is 31.2 Å². The van der Waals surface area contributed by atoms with Crippen molar-refractivity contribution in [1.29, 1.82) is 0 Å². The van der Waals surface area contributed by atoms with Crippen molar-refractivity contribution < 1.29 is 9.53 Å². The van der Waals surface area contributed by atoms with Gasteiger partial charge in [-0.25, -0.2) is 4.68 Å². The average Bonchev–Trinajstić information content (AvgIpc) is 3.24. The van der Waals surface area contributed by atoms with Crippen LogP contribution in [-0.4, -0.2) is 37.6 Å². The van der Waals surface area contributed by atoms with Crippen LogP contribution in [0.5, 0.6) is 5.75 Å². The SMILES string of the molecule is CCOc1ccc(-c2ccc(=O)n(CCNC(=O)c3ccc4nsnc4c3)n2)cc1. The van der Waals surface area contributed by atoms with Gasteiger partial charge in [-0.3, -0.25) is 9.59 Å². The molecule has 2 aromatic heterocycles. The van der Waals surface area contributed by atoms with Crippen LogP contribution in [0.3, 0.4) is 0 Å². The van der Waals surface area contributed by atoms with E-state index in [1.54, 1.807) is 24.3 Å². The molecule has 0 atom stereocenters. The van der Waals surface area contributed by atoms with Gasteiger partial charge in [-0.15, -0.1) is 0 Å². The van der Waals surface area contributed by atoms with E-state index in [4.69, 9.17) is 4.74 Å². The molecule has 0 saturated heterocycles. The smallest absolute Gasteiger partial charge is 0.266 e. The lowest BCUT2D eigenvalue weighted by Gasteiger charge is -2.09. The second kappa shape index (κ2) is 8.83. The van der Waals surface area contributed by atoms with E-state index in [9.17, 15) is 9.59 Å². The third-order valence-corrected chi connectivity index (χ3v) is 5.01. The van der Waals surface area contributed by atoms with Crippen LogP contribution in [0.25, 0.3) is 22.3 Å². The molecular weight excluding hydrogens is 402 g/mol. The van der Waals surface area contributed by atoms with Gasteiger partial charge in [-0.05, 0) is 55.5 Å². The fourth-order valence-corrected chi connectivity index (χ4v) is 3.47. The van der Waals surface area contributed by atoms with Crippen molar-refractivity contribution in [2.75, 3.05) is 13.2 Å². The number of aromatic nitrogens is 4. The minimum absolute atomic E-state index is 0.228. The second-order valence-electron chi connectivity index (χ2n) is 6.46. The Balaban J connectivity index is 1.42. The van der Waals surface area contributed by atoms with Crippen LogP contribution in [0.15, 0.2) is 59.4 Å². The molecular formula is C21H19N5O3S. The Morgan fingerprint density at radius 1 is 1.07 bits per heavy atom. The third-order valence-electron chi connectivity index (χ3n) is 4.45. The molecule has 0 radical (unpaired) electrons. The first kappa shape index (κ1) is 19.7. The number of hydrogen-bond donors (Lipinski definition) is 1. The molecule has 0 spiro atoms. The van der Waals surface area contributed by atoms with Gasteiger partial charge in [-0.1, -0.05) is 0 Å². The van der Waals surface area contributed by atoms with Gasteiger partial charge in [0.1, 0.15) is 16.8 Å². The molecule has 1 N–H and O–H groups in total. The Morgan fingerprint density at radius 3 is 2.67 bits per heavy atom. The van der Waals surface area contributed by atoms with Gasteiger partial charge in [0.2, 0.25) is 0 Å². The minimum Gasteiger partial charge on any atom is -0.494 e. The Kier molecular flexibility index (Phi) is 5.80. The third kappa shape index (κ3) is 4.36. The molecule has 4 rings (SSSR count). The van der Waals surface area contributed by atoms with Crippen molar-refractivity contribution in [3.8, 4) is 17.0 Å². The van der Waals surface area contributed by atoms with E-state index in [0.29, 0.717) is 23.4 Å². The maximum atomic E-state index is 12.4. The van der Waals surface area contributed by atoms with Crippen LogP contribution >= 0.6 is 11.7 Å². The summed E-state index contributed by atoms with van der Waals surface area (Å²) in [7, 11) is 0. The van der Waals surface area contributed by atoms with Crippen molar-refractivity contribution >= 4 is 28.7 Å². The topological polar surface area (TPSA) is 99.0 Å². The van der Waals surface area contributed by atoms with Crippen molar-refractivity contribution in [2.45, 2.75) is 13.5 Å². The number of benzene rings is 2. The van der Waals surface area contributed by atoms with Crippen LogP contribution in [0.2, 0.25) is 0 Å². The molecule has 0 bridgehead atoms. The summed E-state index contributed by atoms with van der Waals surface area (Å²) >= 11 is 1.11. The van der Waals surface area contributed by atoms with Gasteiger partial charge in [-0.2, -0.15) is 13.8 Å². The summed E-state index contributed by atoms with van der Waals surface area (Å²) in [5.41, 5.74) is 3.27. The molecule has 9 heteroatoms. The molecule has 152 valence electrons. The van der Waals surface area contributed by atoms with Gasteiger partial charge >= 0.3 is 0 Å². The highest BCUT2D eigenvalue weighted by molar-refractivity contribution is 7.00. The van der Waals surface area contributed by atoms with E-state index in [-0.39, 0.29) is 24.6 Å². The van der Waals surface area contributed by atoms with Crippen molar-refractivity contribution in [1.82, 2.24) is 23.8 Å². The van der Waals surface area contributed by atoms with Gasteiger partial charge in [0.25, 0.3) is 11.5 Å². The van der Waals surface area contributed by atoms with Crippen LogP contribution in [0.1, 0.15) is 17.3 Å². The fourth-order valence-electron chi connectivity index (χ4n) is 2.95. The molecule has 30 heavy (non-hydrogen) atoms. The van der Waals surface area contributed by atoms with E-state index in [1.165, 1.54) is 10.7 Å². The standard InChI is InChI=1S/C21H19N5O3S/c1-2-29-16-6-3-14(4-7-16)17-9-10-20(27)26(23-17)12-11-22-21(28)15-5-8-18-19(13-15)25-30-24-18/h3-10,13H,2,11-12H2,1H3,(H,22,28). The number of ether oxygens (including phenoxy) is 1. The highest BCUT2D eigenvalue weighted by atomic mass is 32.1. The van der Waals surface area contributed by atoms with Crippen molar-refractivity contribution in [2.24, 2.45) is 0 Å². The summed E-state index contributed by atoms with van der Waals surface area (Å²) in [6, 6.07) is 15.9. The molecule has 8 nitrogen and oxygen atoms in total. The lowest BCUT2D eigenvalue weighted by molar-refractivity contribution is 0.0952. The van der Waals surface area contributed by atoms with Crippen LogP contribution in [0.4, 0.5) is 0 Å². The maximum Gasteiger partial charge on any atom is 0.266 e. The molecule has 4 aromatic rings. The normalized spacial score (nSPS) is 10.8. The molecule has 0 fully saturated rings. The van der Waals surface area contributed by atoms with Crippen LogP contribution < -0.4 is 15.6 Å². The predicted molar refractivity (Wildman–Crippen MR) is 115 cm³/mol. The number of rotatable bonds is 7. The molecule has 1 amide bonds. The van der Waals surface area contributed by atoms with Gasteiger partial charge in [0.15, 0.2) is 0 Å². The summed E-state index contributed by atoms with van der Waals surface area (Å²) in [5, 5.41) is 7.23. The number of carbonyl (C=O) groups excluding carboxylic acids is 1. The number of amides is 1. The van der Waals surface area contributed by atoms with Gasteiger partial charge < -0.3 is 10.1 Å². The monoisotopic (exact) mass is 421 g/mol. The summed E-state index contributed by atoms with van der Waals surface area (Å²) in [6.07, 6.45) is 0. The lowest BCUT2D eigenvalue weighted by atomic mass is 10.1. The average molecular weight is 421 g/mol. The van der Waals surface area contributed by atoms with Crippen LogP contribution in [-0.2, 0) is 6.54 Å². The quantitative estimate of drug-likeness (QED) is 0.493. The van der Waals surface area contributed by atoms with E-state index in [0.717, 1.165) is 28.6 Å². The summed E-state index contributed by atoms with van der Waals surface area (Å²) in [6.45, 7) is 3.06. The predicted octanol–water partition coefficient (Wildman–Crippen LogP) is 2.74.